The Bertz CT molecular complexity index is 780. The van der Waals surface area contributed by atoms with Crippen molar-refractivity contribution in [2.24, 2.45) is 17.4 Å². The first-order valence-corrected chi connectivity index (χ1v) is 9.62. The number of nitrogens with two attached hydrogens (primary N) is 2. The number of aromatic amines is 1. The number of rotatable bonds is 13. The summed E-state index contributed by atoms with van der Waals surface area (Å²) in [6, 6.07) is -3.32. The summed E-state index contributed by atoms with van der Waals surface area (Å²) in [7, 11) is 0. The minimum absolute atomic E-state index is 0.134. The Labute approximate surface area is 178 Å². The van der Waals surface area contributed by atoms with Crippen molar-refractivity contribution in [1.82, 2.24) is 25.9 Å². The summed E-state index contributed by atoms with van der Waals surface area (Å²) >= 11 is 0. The zero-order chi connectivity index (χ0) is 23.6. The lowest BCUT2D eigenvalue weighted by atomic mass is 10.0. The summed E-state index contributed by atoms with van der Waals surface area (Å²) in [6.45, 7) is 2.75. The maximum Gasteiger partial charge on any atom is 0.326 e. The Kier molecular flexibility index (Phi) is 10.1. The van der Waals surface area contributed by atoms with Crippen LogP contribution in [-0.4, -0.2) is 69.3 Å². The molecule has 1 aromatic heterocycles. The number of aliphatic carboxylic acids is 1. The second kappa shape index (κ2) is 12.3. The monoisotopic (exact) mass is 439 g/mol. The van der Waals surface area contributed by atoms with Gasteiger partial charge in [-0.05, 0) is 12.3 Å². The third-order valence-electron chi connectivity index (χ3n) is 4.32. The van der Waals surface area contributed by atoms with E-state index in [1.165, 1.54) is 12.5 Å². The topological polar surface area (TPSA) is 222 Å². The molecule has 9 N–H and O–H groups in total. The number of nitrogens with zero attached hydrogens (tertiary/aromatic N) is 1. The summed E-state index contributed by atoms with van der Waals surface area (Å²) in [5, 5.41) is 16.3. The summed E-state index contributed by atoms with van der Waals surface area (Å²) in [4.78, 5) is 65.7. The zero-order valence-corrected chi connectivity index (χ0v) is 17.4. The molecule has 0 saturated heterocycles. The fraction of sp³-hybridized carbons (Fsp3) is 0.556. The predicted octanol–water partition coefficient (Wildman–Crippen LogP) is -2.63. The van der Waals surface area contributed by atoms with Crippen LogP contribution in [0, 0.1) is 5.92 Å². The Morgan fingerprint density at radius 3 is 2.35 bits per heavy atom. The molecule has 0 spiro atoms. The molecule has 1 heterocycles. The van der Waals surface area contributed by atoms with E-state index in [1.54, 1.807) is 13.8 Å². The largest absolute Gasteiger partial charge is 0.480 e. The van der Waals surface area contributed by atoms with Gasteiger partial charge in [-0.25, -0.2) is 9.78 Å². The van der Waals surface area contributed by atoms with Crippen molar-refractivity contribution in [2.75, 3.05) is 6.54 Å². The van der Waals surface area contributed by atoms with Crippen molar-refractivity contribution in [3.8, 4) is 0 Å². The van der Waals surface area contributed by atoms with Crippen molar-refractivity contribution in [3.63, 3.8) is 0 Å². The van der Waals surface area contributed by atoms with Gasteiger partial charge in [0.15, 0.2) is 0 Å². The third-order valence-corrected chi connectivity index (χ3v) is 4.32. The quantitative estimate of drug-likeness (QED) is 0.172. The molecular formula is C18H29N7O6. The number of hydrogen-bond donors (Lipinski definition) is 7. The Morgan fingerprint density at radius 2 is 1.84 bits per heavy atom. The van der Waals surface area contributed by atoms with Gasteiger partial charge in [0, 0.05) is 24.7 Å². The van der Waals surface area contributed by atoms with E-state index in [-0.39, 0.29) is 19.3 Å². The van der Waals surface area contributed by atoms with Crippen molar-refractivity contribution in [2.45, 2.75) is 51.2 Å². The molecule has 4 amide bonds. The number of H-pyrrole nitrogens is 1. The van der Waals surface area contributed by atoms with E-state index in [0.717, 1.165) is 0 Å². The molecule has 3 unspecified atom stereocenters. The van der Waals surface area contributed by atoms with Crippen LogP contribution in [0.1, 0.15) is 32.4 Å². The van der Waals surface area contributed by atoms with Gasteiger partial charge in [-0.2, -0.15) is 0 Å². The lowest BCUT2D eigenvalue weighted by Gasteiger charge is -2.23. The number of carboxylic acids is 1. The molecule has 0 radical (unpaired) electrons. The van der Waals surface area contributed by atoms with E-state index in [0.29, 0.717) is 5.69 Å². The number of carbonyl (C=O) groups is 5. The van der Waals surface area contributed by atoms with Gasteiger partial charge in [0.25, 0.3) is 0 Å². The lowest BCUT2D eigenvalue weighted by Crippen LogP contribution is -2.55. The highest BCUT2D eigenvalue weighted by atomic mass is 16.4. The molecule has 0 aromatic carbocycles. The van der Waals surface area contributed by atoms with Crippen LogP contribution in [0.3, 0.4) is 0 Å². The average Bonchev–Trinajstić information content (AvgIpc) is 3.19. The first-order valence-electron chi connectivity index (χ1n) is 9.62. The molecule has 13 nitrogen and oxygen atoms in total. The van der Waals surface area contributed by atoms with Crippen LogP contribution >= 0.6 is 0 Å². The molecule has 172 valence electrons. The normalized spacial score (nSPS) is 13.7. The number of nitrogens with one attached hydrogen (secondary N) is 4. The van der Waals surface area contributed by atoms with Gasteiger partial charge in [-0.15, -0.1) is 0 Å². The minimum Gasteiger partial charge on any atom is -0.480 e. The number of hydrogen-bond acceptors (Lipinski definition) is 7. The second-order valence-electron chi connectivity index (χ2n) is 7.30. The number of carbonyl (C=O) groups excluding carboxylic acids is 4. The molecule has 1 aromatic rings. The highest BCUT2D eigenvalue weighted by molar-refractivity contribution is 5.92. The van der Waals surface area contributed by atoms with E-state index in [9.17, 15) is 29.1 Å². The molecule has 0 aliphatic carbocycles. The molecule has 13 heteroatoms. The molecule has 0 fully saturated rings. The minimum atomic E-state index is -1.23. The number of primary amides is 1. The van der Waals surface area contributed by atoms with Crippen LogP contribution in [-0.2, 0) is 30.4 Å². The SMILES string of the molecule is CC(C)C(NC(=O)C(CCC(N)=O)NC(=O)CNC(=O)C(N)Cc1cnc[nH]1)C(=O)O. The van der Waals surface area contributed by atoms with Gasteiger partial charge in [-0.1, -0.05) is 13.8 Å². The Morgan fingerprint density at radius 1 is 1.16 bits per heavy atom. The summed E-state index contributed by atoms with van der Waals surface area (Å²) in [5.41, 5.74) is 11.5. The van der Waals surface area contributed by atoms with Gasteiger partial charge < -0.3 is 37.5 Å². The van der Waals surface area contributed by atoms with Crippen LogP contribution in [0.2, 0.25) is 0 Å². The van der Waals surface area contributed by atoms with E-state index in [4.69, 9.17) is 11.5 Å². The first kappa shape index (κ1) is 25.6. The standard InChI is InChI=1S/C18H29N7O6/c1-9(2)15(18(30)31)25-17(29)12(3-4-13(20)26)24-14(27)7-22-16(28)11(19)5-10-6-21-8-23-10/h6,8-9,11-12,15H,3-5,7,19H2,1-2H3,(H2,20,26)(H,21,23)(H,22,28)(H,24,27)(H,25,29)(H,30,31). The maximum atomic E-state index is 12.5. The van der Waals surface area contributed by atoms with Crippen LogP contribution < -0.4 is 27.4 Å². The predicted molar refractivity (Wildman–Crippen MR) is 108 cm³/mol. The van der Waals surface area contributed by atoms with Gasteiger partial charge >= 0.3 is 5.97 Å². The maximum absolute atomic E-state index is 12.5. The van der Waals surface area contributed by atoms with E-state index < -0.39 is 60.2 Å². The van der Waals surface area contributed by atoms with E-state index in [1.807, 2.05) is 0 Å². The summed E-state index contributed by atoms with van der Waals surface area (Å²) in [5.74, 6) is -4.43. The van der Waals surface area contributed by atoms with E-state index >= 15 is 0 Å². The van der Waals surface area contributed by atoms with Gasteiger partial charge in [-0.3, -0.25) is 19.2 Å². The molecule has 3 atom stereocenters. The van der Waals surface area contributed by atoms with Crippen molar-refractivity contribution in [3.05, 3.63) is 18.2 Å². The second-order valence-corrected chi connectivity index (χ2v) is 7.30. The van der Waals surface area contributed by atoms with Crippen LogP contribution in [0.15, 0.2) is 12.5 Å². The average molecular weight is 439 g/mol. The number of carboxylic acid groups (broad SMARTS) is 1. The van der Waals surface area contributed by atoms with Crippen molar-refractivity contribution < 1.29 is 29.1 Å². The fourth-order valence-corrected chi connectivity index (χ4v) is 2.59. The highest BCUT2D eigenvalue weighted by Crippen LogP contribution is 2.05. The molecule has 0 saturated carbocycles. The van der Waals surface area contributed by atoms with Crippen molar-refractivity contribution in [1.29, 1.82) is 0 Å². The van der Waals surface area contributed by atoms with Gasteiger partial charge in [0.05, 0.1) is 18.9 Å². The van der Waals surface area contributed by atoms with Gasteiger partial charge in [0.1, 0.15) is 12.1 Å². The summed E-state index contributed by atoms with van der Waals surface area (Å²) < 4.78 is 0. The third kappa shape index (κ3) is 9.25. The number of imidazole rings is 1. The van der Waals surface area contributed by atoms with Crippen LogP contribution in [0.25, 0.3) is 0 Å². The van der Waals surface area contributed by atoms with Gasteiger partial charge in [0.2, 0.25) is 23.6 Å². The molecule has 0 bridgehead atoms. The Balaban J connectivity index is 2.65. The smallest absolute Gasteiger partial charge is 0.326 e. The molecule has 1 rings (SSSR count). The van der Waals surface area contributed by atoms with Crippen LogP contribution in [0.5, 0.6) is 0 Å². The van der Waals surface area contributed by atoms with Crippen LogP contribution in [0.4, 0.5) is 0 Å². The summed E-state index contributed by atoms with van der Waals surface area (Å²) in [6.07, 6.45) is 2.80. The zero-order valence-electron chi connectivity index (χ0n) is 17.4. The highest BCUT2D eigenvalue weighted by Gasteiger charge is 2.28. The molecular weight excluding hydrogens is 410 g/mol. The van der Waals surface area contributed by atoms with E-state index in [2.05, 4.69) is 25.9 Å². The molecule has 0 aliphatic rings. The van der Waals surface area contributed by atoms with Crippen molar-refractivity contribution >= 4 is 29.6 Å². The number of amides is 4. The fourth-order valence-electron chi connectivity index (χ4n) is 2.59. The Hall–Kier alpha value is -3.48. The molecule has 0 aliphatic heterocycles. The first-order chi connectivity index (χ1) is 14.5. The lowest BCUT2D eigenvalue weighted by molar-refractivity contribution is -0.143. The molecule has 31 heavy (non-hydrogen) atoms. The number of aromatic nitrogens is 2.